The zero-order valence-corrected chi connectivity index (χ0v) is 22.7. The molecule has 0 aliphatic carbocycles. The number of carbonyl (C=O) groups excluding carboxylic acids is 2. The Bertz CT molecular complexity index is 1210. The van der Waals surface area contributed by atoms with Crippen LogP contribution in [0.25, 0.3) is 0 Å². The lowest BCUT2D eigenvalue weighted by Gasteiger charge is -2.35. The Labute approximate surface area is 227 Å². The first kappa shape index (κ1) is 28.3. The number of hydrogen-bond acceptors (Lipinski definition) is 6. The second-order valence-electron chi connectivity index (χ2n) is 8.24. The van der Waals surface area contributed by atoms with Crippen LogP contribution in [0.4, 0.5) is 0 Å². The summed E-state index contributed by atoms with van der Waals surface area (Å²) < 4.78 is 17.1. The van der Waals surface area contributed by atoms with Crippen LogP contribution in [0.2, 0.25) is 10.0 Å². The van der Waals surface area contributed by atoms with Crippen molar-refractivity contribution in [3.8, 4) is 11.5 Å². The van der Waals surface area contributed by atoms with Crippen molar-refractivity contribution in [2.75, 3.05) is 27.9 Å². The van der Waals surface area contributed by atoms with Crippen molar-refractivity contribution in [3.63, 3.8) is 0 Å². The fourth-order valence-corrected chi connectivity index (χ4v) is 4.81. The highest BCUT2D eigenvalue weighted by Gasteiger charge is 2.48. The molecule has 0 radical (unpaired) electrons. The normalized spacial score (nSPS) is 12.4. The van der Waals surface area contributed by atoms with Gasteiger partial charge in [-0.25, -0.2) is 4.79 Å². The Morgan fingerprint density at radius 2 is 1.49 bits per heavy atom. The van der Waals surface area contributed by atoms with Gasteiger partial charge in [-0.2, -0.15) is 0 Å². The topological polar surface area (TPSA) is 85.9 Å². The number of nitrogens with one attached hydrogen (secondary N) is 2. The SMILES string of the molecule is CCOC(=O)[C@](Cc1ccccc1)(NC(=O)c1c(Cl)cccc1Cl)c1c(OC)cc(CNC)cc1OC. The van der Waals surface area contributed by atoms with Gasteiger partial charge in [0.05, 0.1) is 42.0 Å². The predicted molar refractivity (Wildman–Crippen MR) is 145 cm³/mol. The number of hydrogen-bond donors (Lipinski definition) is 2. The number of benzene rings is 3. The van der Waals surface area contributed by atoms with Crippen molar-refractivity contribution in [2.45, 2.75) is 25.4 Å². The third-order valence-corrected chi connectivity index (χ3v) is 6.46. The van der Waals surface area contributed by atoms with E-state index in [2.05, 4.69) is 10.6 Å². The first-order valence-corrected chi connectivity index (χ1v) is 12.4. The maximum atomic E-state index is 13.9. The first-order valence-electron chi connectivity index (χ1n) is 11.7. The second-order valence-corrected chi connectivity index (χ2v) is 9.06. The highest BCUT2D eigenvalue weighted by molar-refractivity contribution is 6.39. The number of ether oxygens (including phenoxy) is 3. The van der Waals surface area contributed by atoms with Crippen molar-refractivity contribution >= 4 is 35.1 Å². The molecule has 0 aliphatic heterocycles. The molecule has 37 heavy (non-hydrogen) atoms. The molecule has 0 aliphatic rings. The summed E-state index contributed by atoms with van der Waals surface area (Å²) in [6, 6.07) is 17.6. The van der Waals surface area contributed by atoms with E-state index in [1.807, 2.05) is 37.4 Å². The largest absolute Gasteiger partial charge is 0.496 e. The third kappa shape index (κ3) is 6.18. The summed E-state index contributed by atoms with van der Waals surface area (Å²) in [6.07, 6.45) is 0.0403. The number of esters is 1. The molecule has 0 fully saturated rings. The number of carbonyl (C=O) groups is 2. The molecule has 2 N–H and O–H groups in total. The maximum Gasteiger partial charge on any atom is 0.337 e. The van der Waals surface area contributed by atoms with Gasteiger partial charge < -0.3 is 24.8 Å². The zero-order chi connectivity index (χ0) is 27.0. The Hall–Kier alpha value is -3.26. The van der Waals surface area contributed by atoms with E-state index < -0.39 is 17.4 Å². The lowest BCUT2D eigenvalue weighted by molar-refractivity contribution is -0.151. The summed E-state index contributed by atoms with van der Waals surface area (Å²) in [5.74, 6) is -0.644. The molecule has 1 atom stereocenters. The summed E-state index contributed by atoms with van der Waals surface area (Å²) in [5, 5.41) is 6.30. The molecule has 0 aromatic heterocycles. The van der Waals surface area contributed by atoms with Gasteiger partial charge in [-0.05, 0) is 49.4 Å². The molecule has 0 bridgehead atoms. The molecule has 3 aromatic carbocycles. The van der Waals surface area contributed by atoms with Crippen LogP contribution in [0.3, 0.4) is 0 Å². The Morgan fingerprint density at radius 1 is 0.892 bits per heavy atom. The molecule has 3 rings (SSSR count). The van der Waals surface area contributed by atoms with Crippen molar-refractivity contribution in [3.05, 3.63) is 93.0 Å². The average molecular weight is 545 g/mol. The molecular weight excluding hydrogens is 515 g/mol. The van der Waals surface area contributed by atoms with Crippen LogP contribution < -0.4 is 20.1 Å². The fraction of sp³-hybridized carbons (Fsp3) is 0.286. The van der Waals surface area contributed by atoms with E-state index in [-0.39, 0.29) is 28.6 Å². The predicted octanol–water partition coefficient (Wildman–Crippen LogP) is 5.16. The summed E-state index contributed by atoms with van der Waals surface area (Å²) in [4.78, 5) is 27.7. The van der Waals surface area contributed by atoms with Gasteiger partial charge in [-0.3, -0.25) is 4.79 Å². The molecule has 0 heterocycles. The Balaban J connectivity index is 2.34. The fourth-order valence-electron chi connectivity index (χ4n) is 4.24. The van der Waals surface area contributed by atoms with Crippen molar-refractivity contribution in [1.82, 2.24) is 10.6 Å². The number of rotatable bonds is 11. The molecule has 0 saturated heterocycles. The molecule has 0 saturated carbocycles. The smallest absolute Gasteiger partial charge is 0.337 e. The van der Waals surface area contributed by atoms with Gasteiger partial charge >= 0.3 is 5.97 Å². The van der Waals surface area contributed by atoms with E-state index in [9.17, 15) is 9.59 Å². The average Bonchev–Trinajstić information content (AvgIpc) is 2.88. The minimum atomic E-state index is -1.76. The van der Waals surface area contributed by atoms with Gasteiger partial charge in [-0.1, -0.05) is 59.6 Å². The molecule has 0 spiro atoms. The molecule has 196 valence electrons. The standard InChI is InChI=1S/C28H30Cl2N2O5/c1-5-37-27(34)28(16-18-10-7-6-8-11-18,32-26(33)24-20(29)12-9-13-21(24)30)25-22(35-3)14-19(17-31-2)15-23(25)36-4/h6-15,31H,5,16-17H2,1-4H3,(H,32,33)/t28-/m1/s1. The lowest BCUT2D eigenvalue weighted by atomic mass is 9.81. The van der Waals surface area contributed by atoms with E-state index in [0.29, 0.717) is 23.6 Å². The van der Waals surface area contributed by atoms with Gasteiger partial charge in [0, 0.05) is 13.0 Å². The highest BCUT2D eigenvalue weighted by atomic mass is 35.5. The van der Waals surface area contributed by atoms with E-state index in [4.69, 9.17) is 37.4 Å². The van der Waals surface area contributed by atoms with Crippen LogP contribution in [0.5, 0.6) is 11.5 Å². The molecule has 9 heteroatoms. The van der Waals surface area contributed by atoms with Crippen LogP contribution in [-0.4, -0.2) is 39.8 Å². The maximum absolute atomic E-state index is 13.9. The van der Waals surface area contributed by atoms with Crippen LogP contribution >= 0.6 is 23.2 Å². The van der Waals surface area contributed by atoms with Gasteiger partial charge in [0.2, 0.25) is 0 Å². The lowest BCUT2D eigenvalue weighted by Crippen LogP contribution is -2.54. The van der Waals surface area contributed by atoms with E-state index in [1.165, 1.54) is 14.2 Å². The van der Waals surface area contributed by atoms with Crippen molar-refractivity contribution < 1.29 is 23.8 Å². The summed E-state index contributed by atoms with van der Waals surface area (Å²) in [6.45, 7) is 2.31. The Morgan fingerprint density at radius 3 is 2.00 bits per heavy atom. The molecular formula is C28H30Cl2N2O5. The number of amides is 1. The van der Waals surface area contributed by atoms with Gasteiger partial charge in [0.25, 0.3) is 5.91 Å². The first-order chi connectivity index (χ1) is 17.8. The zero-order valence-electron chi connectivity index (χ0n) is 21.2. The van der Waals surface area contributed by atoms with E-state index >= 15 is 0 Å². The third-order valence-electron chi connectivity index (χ3n) is 5.83. The number of methoxy groups -OCH3 is 2. The van der Waals surface area contributed by atoms with Crippen molar-refractivity contribution in [2.24, 2.45) is 0 Å². The molecule has 1 amide bonds. The Kier molecular flexibility index (Phi) is 9.80. The van der Waals surface area contributed by atoms with E-state index in [1.54, 1.807) is 37.3 Å². The quantitative estimate of drug-likeness (QED) is 0.324. The summed E-state index contributed by atoms with van der Waals surface area (Å²) >= 11 is 12.7. The molecule has 0 unspecified atom stereocenters. The van der Waals surface area contributed by atoms with Crippen LogP contribution in [-0.2, 0) is 28.0 Å². The monoisotopic (exact) mass is 544 g/mol. The molecule has 3 aromatic rings. The summed E-state index contributed by atoms with van der Waals surface area (Å²) in [7, 11) is 4.80. The van der Waals surface area contributed by atoms with Gasteiger partial charge in [0.1, 0.15) is 11.5 Å². The van der Waals surface area contributed by atoms with E-state index in [0.717, 1.165) is 11.1 Å². The second kappa shape index (κ2) is 12.8. The summed E-state index contributed by atoms with van der Waals surface area (Å²) in [5.41, 5.74) is 0.224. The van der Waals surface area contributed by atoms with Crippen LogP contribution in [0.15, 0.2) is 60.7 Å². The minimum absolute atomic E-state index is 0.0392. The minimum Gasteiger partial charge on any atom is -0.496 e. The van der Waals surface area contributed by atoms with Gasteiger partial charge in [0.15, 0.2) is 5.54 Å². The van der Waals surface area contributed by atoms with Crippen LogP contribution in [0, 0.1) is 0 Å². The highest BCUT2D eigenvalue weighted by Crippen LogP contribution is 2.42. The number of halogens is 2. The van der Waals surface area contributed by atoms with Crippen molar-refractivity contribution in [1.29, 1.82) is 0 Å². The van der Waals surface area contributed by atoms with Gasteiger partial charge in [-0.15, -0.1) is 0 Å². The van der Waals surface area contributed by atoms with Crippen LogP contribution in [0.1, 0.15) is 34.0 Å². The molecule has 7 nitrogen and oxygen atoms in total.